The fourth-order valence-corrected chi connectivity index (χ4v) is 3.02. The summed E-state index contributed by atoms with van der Waals surface area (Å²) < 4.78 is 5.24. The molecule has 1 saturated heterocycles. The van der Waals surface area contributed by atoms with E-state index in [1.807, 2.05) is 18.2 Å². The summed E-state index contributed by atoms with van der Waals surface area (Å²) >= 11 is 0. The highest BCUT2D eigenvalue weighted by Gasteiger charge is 2.21. The second-order valence-electron chi connectivity index (χ2n) is 6.52. The molecule has 6 heteroatoms. The van der Waals surface area contributed by atoms with Crippen molar-refractivity contribution in [2.45, 2.75) is 38.9 Å². The van der Waals surface area contributed by atoms with E-state index in [-0.39, 0.29) is 6.17 Å². The Morgan fingerprint density at radius 2 is 2.19 bits per heavy atom. The number of hydrazine groups is 2. The number of nitrogens with zero attached hydrogens (tertiary/aromatic N) is 1. The second kappa shape index (κ2) is 11.0. The third kappa shape index (κ3) is 6.46. The Bertz CT molecular complexity index is 572. The molecule has 1 aliphatic rings. The molecule has 2 unspecified atom stereocenters. The van der Waals surface area contributed by atoms with E-state index in [1.54, 1.807) is 7.11 Å². The van der Waals surface area contributed by atoms with E-state index in [9.17, 15) is 0 Å². The van der Waals surface area contributed by atoms with E-state index in [0.29, 0.717) is 6.04 Å². The number of benzene rings is 1. The molecule has 1 aromatic rings. The standard InChI is InChI=1S/C20H33N5O/c1-5-7-16(3)19(22-17-8-10-18(26-4)11-9-17)12-14-25-15-20(23-24-25)21-13-6-2/h6-11,19-24H,2,5,12-15H2,1,3-4H3/b16-7+. The van der Waals surface area contributed by atoms with Gasteiger partial charge in [-0.1, -0.05) is 24.6 Å². The Morgan fingerprint density at radius 3 is 2.85 bits per heavy atom. The molecule has 1 aromatic carbocycles. The molecule has 1 heterocycles. The van der Waals surface area contributed by atoms with E-state index in [0.717, 1.165) is 43.9 Å². The predicted molar refractivity (Wildman–Crippen MR) is 109 cm³/mol. The molecular weight excluding hydrogens is 326 g/mol. The molecule has 6 nitrogen and oxygen atoms in total. The maximum atomic E-state index is 5.24. The zero-order valence-electron chi connectivity index (χ0n) is 16.2. The largest absolute Gasteiger partial charge is 0.497 e. The van der Waals surface area contributed by atoms with Gasteiger partial charge < -0.3 is 10.1 Å². The van der Waals surface area contributed by atoms with Gasteiger partial charge in [0, 0.05) is 31.4 Å². The molecule has 0 amide bonds. The first-order valence-electron chi connectivity index (χ1n) is 9.34. The maximum absolute atomic E-state index is 5.24. The SMILES string of the molecule is C=CCNC1CN(CCC(Nc2ccc(OC)cc2)/C(C)=C/CC)NN1. The first-order valence-corrected chi connectivity index (χ1v) is 9.34. The number of hydrogen-bond acceptors (Lipinski definition) is 6. The molecular formula is C20H33N5O. The van der Waals surface area contributed by atoms with Crippen LogP contribution >= 0.6 is 0 Å². The summed E-state index contributed by atoms with van der Waals surface area (Å²) in [4.78, 5) is 0. The van der Waals surface area contributed by atoms with Crippen LogP contribution in [0.15, 0.2) is 48.6 Å². The van der Waals surface area contributed by atoms with Gasteiger partial charge in [-0.15, -0.1) is 6.58 Å². The van der Waals surface area contributed by atoms with Gasteiger partial charge >= 0.3 is 0 Å². The van der Waals surface area contributed by atoms with Crippen LogP contribution in [-0.4, -0.2) is 44.0 Å². The highest BCUT2D eigenvalue weighted by Crippen LogP contribution is 2.19. The topological polar surface area (TPSA) is 60.6 Å². The number of allylic oxidation sites excluding steroid dienone is 1. The average Bonchev–Trinajstić information content (AvgIpc) is 3.12. The molecule has 1 aliphatic heterocycles. The smallest absolute Gasteiger partial charge is 0.119 e. The first-order chi connectivity index (χ1) is 12.7. The lowest BCUT2D eigenvalue weighted by Crippen LogP contribution is -2.42. The highest BCUT2D eigenvalue weighted by molar-refractivity contribution is 5.48. The summed E-state index contributed by atoms with van der Waals surface area (Å²) in [6.07, 6.45) is 6.47. The molecule has 0 bridgehead atoms. The average molecular weight is 360 g/mol. The third-order valence-electron chi connectivity index (χ3n) is 4.50. The van der Waals surface area contributed by atoms with E-state index in [4.69, 9.17) is 4.74 Å². The van der Waals surface area contributed by atoms with Crippen LogP contribution in [0.4, 0.5) is 5.69 Å². The minimum absolute atomic E-state index is 0.244. The van der Waals surface area contributed by atoms with Crippen molar-refractivity contribution in [1.82, 2.24) is 21.3 Å². The lowest BCUT2D eigenvalue weighted by atomic mass is 10.0. The van der Waals surface area contributed by atoms with Gasteiger partial charge in [0.2, 0.25) is 0 Å². The van der Waals surface area contributed by atoms with E-state index in [2.05, 4.69) is 65.2 Å². The number of hydrogen-bond donors (Lipinski definition) is 4. The molecule has 26 heavy (non-hydrogen) atoms. The first kappa shape index (κ1) is 20.5. The van der Waals surface area contributed by atoms with Crippen LogP contribution in [0.3, 0.4) is 0 Å². The fourth-order valence-electron chi connectivity index (χ4n) is 3.02. The molecule has 1 fully saturated rings. The van der Waals surface area contributed by atoms with Gasteiger partial charge in [-0.3, -0.25) is 5.32 Å². The Balaban J connectivity index is 1.90. The van der Waals surface area contributed by atoms with Crippen LogP contribution in [0.25, 0.3) is 0 Å². The quantitative estimate of drug-likeness (QED) is 0.456. The van der Waals surface area contributed by atoms with Crippen molar-refractivity contribution in [3.05, 3.63) is 48.6 Å². The van der Waals surface area contributed by atoms with Crippen molar-refractivity contribution in [1.29, 1.82) is 0 Å². The minimum atomic E-state index is 0.244. The fraction of sp³-hybridized carbons (Fsp3) is 0.500. The highest BCUT2D eigenvalue weighted by atomic mass is 16.5. The van der Waals surface area contributed by atoms with Gasteiger partial charge in [0.05, 0.1) is 13.3 Å². The summed E-state index contributed by atoms with van der Waals surface area (Å²) in [5.74, 6) is 0.873. The molecule has 2 atom stereocenters. The van der Waals surface area contributed by atoms with E-state index >= 15 is 0 Å². The monoisotopic (exact) mass is 359 g/mol. The lowest BCUT2D eigenvalue weighted by molar-refractivity contribution is 0.228. The number of anilines is 1. The molecule has 0 saturated carbocycles. The van der Waals surface area contributed by atoms with Gasteiger partial charge in [0.1, 0.15) is 5.75 Å². The van der Waals surface area contributed by atoms with Crippen molar-refractivity contribution in [3.8, 4) is 5.75 Å². The summed E-state index contributed by atoms with van der Waals surface area (Å²) in [7, 11) is 1.69. The maximum Gasteiger partial charge on any atom is 0.119 e. The molecule has 0 aromatic heterocycles. The zero-order valence-corrected chi connectivity index (χ0v) is 16.2. The Morgan fingerprint density at radius 1 is 1.42 bits per heavy atom. The van der Waals surface area contributed by atoms with Crippen LogP contribution in [-0.2, 0) is 0 Å². The summed E-state index contributed by atoms with van der Waals surface area (Å²) in [5, 5.41) is 9.24. The Labute approximate surface area is 157 Å². The molecule has 2 rings (SSSR count). The molecule has 144 valence electrons. The van der Waals surface area contributed by atoms with Gasteiger partial charge in [-0.2, -0.15) is 5.53 Å². The molecule has 0 radical (unpaired) electrons. The molecule has 0 spiro atoms. The predicted octanol–water partition coefficient (Wildman–Crippen LogP) is 2.65. The van der Waals surface area contributed by atoms with E-state index < -0.39 is 0 Å². The van der Waals surface area contributed by atoms with Crippen LogP contribution < -0.4 is 26.3 Å². The summed E-state index contributed by atoms with van der Waals surface area (Å²) in [6.45, 7) is 10.8. The zero-order chi connectivity index (χ0) is 18.8. The molecule has 4 N–H and O–H groups in total. The van der Waals surface area contributed by atoms with Gasteiger partial charge in [0.15, 0.2) is 0 Å². The number of ether oxygens (including phenoxy) is 1. The minimum Gasteiger partial charge on any atom is -0.497 e. The lowest BCUT2D eigenvalue weighted by Gasteiger charge is -2.24. The van der Waals surface area contributed by atoms with Crippen molar-refractivity contribution in [2.24, 2.45) is 0 Å². The van der Waals surface area contributed by atoms with Gasteiger partial charge in [-0.05, 0) is 44.0 Å². The van der Waals surface area contributed by atoms with Crippen LogP contribution in [0, 0.1) is 0 Å². The number of rotatable bonds is 11. The van der Waals surface area contributed by atoms with Crippen molar-refractivity contribution in [3.63, 3.8) is 0 Å². The van der Waals surface area contributed by atoms with Crippen molar-refractivity contribution < 1.29 is 4.74 Å². The Hall–Kier alpha value is -1.86. The molecule has 0 aliphatic carbocycles. The van der Waals surface area contributed by atoms with Crippen molar-refractivity contribution >= 4 is 5.69 Å². The van der Waals surface area contributed by atoms with Crippen LogP contribution in [0.1, 0.15) is 26.7 Å². The Kier molecular flexibility index (Phi) is 8.64. The number of methoxy groups -OCH3 is 1. The summed E-state index contributed by atoms with van der Waals surface area (Å²) in [6, 6.07) is 8.40. The second-order valence-corrected chi connectivity index (χ2v) is 6.52. The normalized spacial score (nSPS) is 19.3. The van der Waals surface area contributed by atoms with E-state index in [1.165, 1.54) is 5.57 Å². The van der Waals surface area contributed by atoms with Gasteiger partial charge in [0.25, 0.3) is 0 Å². The summed E-state index contributed by atoms with van der Waals surface area (Å²) in [5.41, 5.74) is 8.97. The number of nitrogens with one attached hydrogen (secondary N) is 4. The van der Waals surface area contributed by atoms with Crippen LogP contribution in [0.2, 0.25) is 0 Å². The van der Waals surface area contributed by atoms with Crippen molar-refractivity contribution in [2.75, 3.05) is 32.1 Å². The van der Waals surface area contributed by atoms with Gasteiger partial charge in [-0.25, -0.2) is 10.4 Å². The third-order valence-corrected chi connectivity index (χ3v) is 4.50. The van der Waals surface area contributed by atoms with Crippen LogP contribution in [0.5, 0.6) is 5.75 Å².